The van der Waals surface area contributed by atoms with Crippen molar-refractivity contribution in [1.82, 2.24) is 20.5 Å². The molecule has 1 aromatic rings. The van der Waals surface area contributed by atoms with Gasteiger partial charge in [-0.15, -0.1) is 0 Å². The van der Waals surface area contributed by atoms with Crippen LogP contribution in [-0.4, -0.2) is 68.1 Å². The van der Waals surface area contributed by atoms with Crippen molar-refractivity contribution in [3.8, 4) is 0 Å². The second-order valence-corrected chi connectivity index (χ2v) is 7.31. The summed E-state index contributed by atoms with van der Waals surface area (Å²) in [6.07, 6.45) is -2.61. The normalized spacial score (nSPS) is 17.4. The van der Waals surface area contributed by atoms with Crippen LogP contribution in [0.15, 0.2) is 17.3 Å². The first kappa shape index (κ1) is 23.1. The number of aromatic nitrogens is 1. The number of halogens is 4. The number of nitrogens with one attached hydrogen (secondary N) is 2. The Hall–Kier alpha value is -2.23. The van der Waals surface area contributed by atoms with E-state index < -0.39 is 11.7 Å². The molecule has 1 aliphatic heterocycles. The number of carbonyl (C=O) groups excluding carboxylic acids is 1. The van der Waals surface area contributed by atoms with Crippen LogP contribution in [0, 0.1) is 0 Å². The number of hydrogen-bond acceptors (Lipinski definition) is 4. The average Bonchev–Trinajstić information content (AvgIpc) is 3.09. The molecule has 1 amide bonds. The first-order valence-corrected chi connectivity index (χ1v) is 9.72. The first-order valence-electron chi connectivity index (χ1n) is 9.34. The van der Waals surface area contributed by atoms with Crippen LogP contribution in [0.1, 0.15) is 25.3 Å². The third kappa shape index (κ3) is 6.66. The Kier molecular flexibility index (Phi) is 7.95. The molecule has 0 spiro atoms. The highest BCUT2D eigenvalue weighted by Gasteiger charge is 2.33. The summed E-state index contributed by atoms with van der Waals surface area (Å²) in [5, 5.41) is 6.40. The van der Waals surface area contributed by atoms with Crippen molar-refractivity contribution in [2.24, 2.45) is 4.99 Å². The maximum atomic E-state index is 12.8. The van der Waals surface area contributed by atoms with E-state index >= 15 is 0 Å². The van der Waals surface area contributed by atoms with E-state index in [1.165, 1.54) is 4.90 Å². The molecule has 0 radical (unpaired) electrons. The predicted octanol–water partition coefficient (Wildman–Crippen LogP) is 2.37. The molecule has 1 unspecified atom stereocenters. The maximum absolute atomic E-state index is 12.8. The molecule has 0 aliphatic carbocycles. The highest BCUT2D eigenvalue weighted by molar-refractivity contribution is 6.33. The Bertz CT molecular complexity index is 741. The van der Waals surface area contributed by atoms with Crippen LogP contribution >= 0.6 is 11.6 Å². The number of hydrogen-bond donors (Lipinski definition) is 2. The SMILES string of the molecule is CCNC(=NCCC(=O)N(C)C)NC1CCN(c2ncc(C(F)(F)F)cc2Cl)C1. The Morgan fingerprint density at radius 3 is 2.76 bits per heavy atom. The monoisotopic (exact) mass is 434 g/mol. The van der Waals surface area contributed by atoms with Crippen LogP contribution in [-0.2, 0) is 11.0 Å². The molecule has 1 aromatic heterocycles. The van der Waals surface area contributed by atoms with Crippen LogP contribution in [0.5, 0.6) is 0 Å². The van der Waals surface area contributed by atoms with Gasteiger partial charge < -0.3 is 20.4 Å². The van der Waals surface area contributed by atoms with E-state index in [1.807, 2.05) is 11.8 Å². The van der Waals surface area contributed by atoms with Gasteiger partial charge in [0.25, 0.3) is 0 Å². The van der Waals surface area contributed by atoms with Gasteiger partial charge in [-0.05, 0) is 19.4 Å². The minimum atomic E-state index is -4.48. The van der Waals surface area contributed by atoms with Crippen LogP contribution < -0.4 is 15.5 Å². The maximum Gasteiger partial charge on any atom is 0.417 e. The lowest BCUT2D eigenvalue weighted by molar-refractivity contribution is -0.137. The summed E-state index contributed by atoms with van der Waals surface area (Å²) in [5.74, 6) is 0.930. The zero-order valence-corrected chi connectivity index (χ0v) is 17.4. The summed E-state index contributed by atoms with van der Waals surface area (Å²) in [5.41, 5.74) is -0.867. The van der Waals surface area contributed by atoms with Gasteiger partial charge in [-0.3, -0.25) is 9.79 Å². The van der Waals surface area contributed by atoms with E-state index in [9.17, 15) is 18.0 Å². The fourth-order valence-corrected chi connectivity index (χ4v) is 3.18. The summed E-state index contributed by atoms with van der Waals surface area (Å²) in [6, 6.07) is 0.926. The number of alkyl halides is 3. The number of rotatable bonds is 6. The number of aliphatic imine (C=N–C) groups is 1. The minimum absolute atomic E-state index is 0.000315. The van der Waals surface area contributed by atoms with E-state index in [1.54, 1.807) is 14.1 Å². The molecule has 0 bridgehead atoms. The summed E-state index contributed by atoms with van der Waals surface area (Å²) in [6.45, 7) is 4.09. The minimum Gasteiger partial charge on any atom is -0.357 e. The molecule has 7 nitrogen and oxygen atoms in total. The van der Waals surface area contributed by atoms with E-state index in [2.05, 4.69) is 20.6 Å². The van der Waals surface area contributed by atoms with Gasteiger partial charge in [0.05, 0.1) is 17.1 Å². The largest absolute Gasteiger partial charge is 0.417 e. The van der Waals surface area contributed by atoms with E-state index in [-0.39, 0.29) is 17.0 Å². The number of guanidine groups is 1. The first-order chi connectivity index (χ1) is 13.6. The van der Waals surface area contributed by atoms with Gasteiger partial charge in [0.15, 0.2) is 5.96 Å². The number of nitrogens with zero attached hydrogens (tertiary/aromatic N) is 4. The van der Waals surface area contributed by atoms with Crippen LogP contribution in [0.4, 0.5) is 19.0 Å². The van der Waals surface area contributed by atoms with Crippen LogP contribution in [0.25, 0.3) is 0 Å². The number of pyridine rings is 1. The molecule has 0 aromatic carbocycles. The van der Waals surface area contributed by atoms with E-state index in [0.717, 1.165) is 18.7 Å². The van der Waals surface area contributed by atoms with Gasteiger partial charge in [0.2, 0.25) is 5.91 Å². The predicted molar refractivity (Wildman–Crippen MR) is 107 cm³/mol. The topological polar surface area (TPSA) is 72.9 Å². The molecule has 162 valence electrons. The lowest BCUT2D eigenvalue weighted by Gasteiger charge is -2.21. The zero-order valence-electron chi connectivity index (χ0n) is 16.7. The number of anilines is 1. The standard InChI is InChI=1S/C18H26ClF3N6O/c1-4-23-17(24-7-5-15(29)27(2)3)26-13-6-8-28(11-13)16-14(19)9-12(10-25-16)18(20,21)22/h9-10,13H,4-8,11H2,1-3H3,(H2,23,24,26). The molecular weight excluding hydrogens is 409 g/mol. The van der Waals surface area contributed by atoms with Crippen LogP contribution in [0.3, 0.4) is 0 Å². The van der Waals surface area contributed by atoms with Crippen molar-refractivity contribution in [2.45, 2.75) is 32.0 Å². The number of amides is 1. The van der Waals surface area contributed by atoms with Gasteiger partial charge in [-0.25, -0.2) is 4.98 Å². The fourth-order valence-electron chi connectivity index (χ4n) is 2.89. The smallest absolute Gasteiger partial charge is 0.357 e. The molecule has 1 atom stereocenters. The molecule has 1 saturated heterocycles. The van der Waals surface area contributed by atoms with Crippen molar-refractivity contribution in [1.29, 1.82) is 0 Å². The summed E-state index contributed by atoms with van der Waals surface area (Å²) in [4.78, 5) is 23.4. The summed E-state index contributed by atoms with van der Waals surface area (Å²) in [7, 11) is 3.39. The van der Waals surface area contributed by atoms with Gasteiger partial charge in [-0.1, -0.05) is 11.6 Å². The molecule has 2 rings (SSSR count). The second kappa shape index (κ2) is 10.00. The highest BCUT2D eigenvalue weighted by Crippen LogP contribution is 2.34. The van der Waals surface area contributed by atoms with Gasteiger partial charge in [-0.2, -0.15) is 13.2 Å². The molecule has 2 N–H and O–H groups in total. The summed E-state index contributed by atoms with van der Waals surface area (Å²) < 4.78 is 38.4. The van der Waals surface area contributed by atoms with Crippen molar-refractivity contribution < 1.29 is 18.0 Å². The fraction of sp³-hybridized carbons (Fsp3) is 0.611. The Labute approximate surface area is 173 Å². The molecule has 1 fully saturated rings. The molecule has 11 heteroatoms. The zero-order chi connectivity index (χ0) is 21.6. The van der Waals surface area contributed by atoms with Gasteiger partial charge >= 0.3 is 6.18 Å². The van der Waals surface area contributed by atoms with Crippen molar-refractivity contribution in [2.75, 3.05) is 45.2 Å². The second-order valence-electron chi connectivity index (χ2n) is 6.90. The van der Waals surface area contributed by atoms with Crippen molar-refractivity contribution in [3.63, 3.8) is 0 Å². The third-order valence-corrected chi connectivity index (χ3v) is 4.69. The molecule has 2 heterocycles. The van der Waals surface area contributed by atoms with E-state index in [0.29, 0.717) is 44.4 Å². The highest BCUT2D eigenvalue weighted by atomic mass is 35.5. The Morgan fingerprint density at radius 1 is 1.45 bits per heavy atom. The Morgan fingerprint density at radius 2 is 2.17 bits per heavy atom. The van der Waals surface area contributed by atoms with E-state index in [4.69, 9.17) is 11.6 Å². The lowest BCUT2D eigenvalue weighted by Crippen LogP contribution is -2.44. The van der Waals surface area contributed by atoms with Gasteiger partial charge in [0, 0.05) is 52.4 Å². The average molecular weight is 435 g/mol. The summed E-state index contributed by atoms with van der Waals surface area (Å²) >= 11 is 6.05. The molecule has 29 heavy (non-hydrogen) atoms. The van der Waals surface area contributed by atoms with Crippen molar-refractivity contribution >= 4 is 29.3 Å². The molecule has 0 saturated carbocycles. The quantitative estimate of drug-likeness (QED) is 0.531. The lowest BCUT2D eigenvalue weighted by atomic mass is 10.2. The van der Waals surface area contributed by atoms with Crippen molar-refractivity contribution in [3.05, 3.63) is 22.8 Å². The third-order valence-electron chi connectivity index (χ3n) is 4.42. The Balaban J connectivity index is 1.97. The van der Waals surface area contributed by atoms with Gasteiger partial charge in [0.1, 0.15) is 5.82 Å². The molecular formula is C18H26ClF3N6O. The van der Waals surface area contributed by atoms with Crippen LogP contribution in [0.2, 0.25) is 5.02 Å². The molecule has 1 aliphatic rings. The number of carbonyl (C=O) groups is 1.